The molecule has 1 aliphatic carbocycles. The highest BCUT2D eigenvalue weighted by Crippen LogP contribution is 2.39. The Morgan fingerprint density at radius 1 is 1.09 bits per heavy atom. The zero-order chi connectivity index (χ0) is 22.1. The topological polar surface area (TPSA) is 97.9 Å². The molecule has 2 aromatic heterocycles. The Bertz CT molecular complexity index is 1090. The molecule has 1 saturated heterocycles. The lowest BCUT2D eigenvalue weighted by atomic mass is 10.2. The van der Waals surface area contributed by atoms with Crippen LogP contribution in [0.3, 0.4) is 0 Å². The number of hydrogen-bond donors (Lipinski definition) is 3. The first-order chi connectivity index (χ1) is 15.5. The molecule has 11 heteroatoms. The van der Waals surface area contributed by atoms with Gasteiger partial charge < -0.3 is 20.4 Å². The molecule has 0 radical (unpaired) electrons. The summed E-state index contributed by atoms with van der Waals surface area (Å²) >= 11 is 5.85. The molecule has 1 saturated carbocycles. The summed E-state index contributed by atoms with van der Waals surface area (Å²) in [6, 6.07) is 6.60. The van der Waals surface area contributed by atoms with Gasteiger partial charge >= 0.3 is 0 Å². The van der Waals surface area contributed by atoms with Crippen molar-refractivity contribution in [1.82, 2.24) is 30.0 Å². The summed E-state index contributed by atoms with van der Waals surface area (Å²) < 4.78 is 14.2. The van der Waals surface area contributed by atoms with Gasteiger partial charge in [-0.05, 0) is 32.0 Å². The van der Waals surface area contributed by atoms with Crippen LogP contribution in [0.5, 0.6) is 0 Å². The van der Waals surface area contributed by atoms with Gasteiger partial charge in [0.15, 0.2) is 5.82 Å². The van der Waals surface area contributed by atoms with Gasteiger partial charge in [-0.25, -0.2) is 4.39 Å². The van der Waals surface area contributed by atoms with Crippen molar-refractivity contribution in [1.29, 1.82) is 0 Å². The monoisotopic (exact) mass is 457 g/mol. The van der Waals surface area contributed by atoms with Gasteiger partial charge in [0.1, 0.15) is 5.82 Å². The molecule has 3 aromatic rings. The third kappa shape index (κ3) is 4.91. The Morgan fingerprint density at radius 2 is 1.88 bits per heavy atom. The van der Waals surface area contributed by atoms with E-state index in [1.54, 1.807) is 12.1 Å². The van der Waals surface area contributed by atoms with Gasteiger partial charge in [-0.3, -0.25) is 5.10 Å². The first kappa shape index (κ1) is 20.9. The molecule has 3 N–H and O–H groups in total. The van der Waals surface area contributed by atoms with Crippen LogP contribution in [-0.4, -0.2) is 63.3 Å². The van der Waals surface area contributed by atoms with Crippen LogP contribution in [0.4, 0.5) is 28.1 Å². The number of aromatic amines is 1. The SMILES string of the molecule is CN1CCN(c2nc(NCc3ccc(Cl)cc3F)nc(Nc3cc(C4CC4)[nH]n3)n2)CC1. The number of aromatic nitrogens is 5. The Hall–Kier alpha value is -2.98. The first-order valence-electron chi connectivity index (χ1n) is 10.7. The van der Waals surface area contributed by atoms with Crippen molar-refractivity contribution in [2.24, 2.45) is 0 Å². The Labute approximate surface area is 190 Å². The van der Waals surface area contributed by atoms with Gasteiger partial charge in [-0.15, -0.1) is 0 Å². The van der Waals surface area contributed by atoms with Gasteiger partial charge in [0.2, 0.25) is 17.8 Å². The quantitative estimate of drug-likeness (QED) is 0.496. The average Bonchev–Trinajstić information content (AvgIpc) is 3.53. The van der Waals surface area contributed by atoms with Crippen LogP contribution >= 0.6 is 11.6 Å². The maximum Gasteiger partial charge on any atom is 0.235 e. The molecule has 2 fully saturated rings. The van der Waals surface area contributed by atoms with Crippen LogP contribution in [-0.2, 0) is 6.54 Å². The lowest BCUT2D eigenvalue weighted by Crippen LogP contribution is -2.45. The number of rotatable bonds is 7. The predicted octanol–water partition coefficient (Wildman–Crippen LogP) is 3.37. The molecule has 5 rings (SSSR count). The van der Waals surface area contributed by atoms with E-state index in [0.29, 0.717) is 40.2 Å². The minimum atomic E-state index is -0.374. The Morgan fingerprint density at radius 3 is 2.62 bits per heavy atom. The predicted molar refractivity (Wildman–Crippen MR) is 122 cm³/mol. The van der Waals surface area contributed by atoms with Gasteiger partial charge in [0.25, 0.3) is 0 Å². The number of benzene rings is 1. The molecule has 0 atom stereocenters. The van der Waals surface area contributed by atoms with E-state index in [0.717, 1.165) is 31.9 Å². The number of piperazine rings is 1. The first-order valence-corrected chi connectivity index (χ1v) is 11.1. The molecular formula is C21H25ClFN9. The largest absolute Gasteiger partial charge is 0.350 e. The highest BCUT2D eigenvalue weighted by molar-refractivity contribution is 6.30. The van der Waals surface area contributed by atoms with Crippen LogP contribution in [0.15, 0.2) is 24.3 Å². The zero-order valence-electron chi connectivity index (χ0n) is 17.8. The van der Waals surface area contributed by atoms with E-state index in [2.05, 4.69) is 52.6 Å². The number of nitrogens with zero attached hydrogens (tertiary/aromatic N) is 6. The molecule has 32 heavy (non-hydrogen) atoms. The summed E-state index contributed by atoms with van der Waals surface area (Å²) in [5.41, 5.74) is 1.60. The maximum absolute atomic E-state index is 14.2. The fourth-order valence-corrected chi connectivity index (χ4v) is 3.76. The molecule has 0 bridgehead atoms. The van der Waals surface area contributed by atoms with Crippen molar-refractivity contribution in [3.8, 4) is 0 Å². The minimum Gasteiger partial charge on any atom is -0.350 e. The molecule has 3 heterocycles. The zero-order valence-corrected chi connectivity index (χ0v) is 18.5. The summed E-state index contributed by atoms with van der Waals surface area (Å²) in [5.74, 6) is 2.19. The number of anilines is 4. The third-order valence-corrected chi connectivity index (χ3v) is 5.95. The van der Waals surface area contributed by atoms with Crippen LogP contribution in [0.2, 0.25) is 5.02 Å². The van der Waals surface area contributed by atoms with Crippen molar-refractivity contribution >= 4 is 35.3 Å². The second-order valence-electron chi connectivity index (χ2n) is 8.27. The second kappa shape index (κ2) is 8.87. The number of hydrogen-bond acceptors (Lipinski definition) is 8. The van der Waals surface area contributed by atoms with E-state index in [1.165, 1.54) is 18.9 Å². The normalized spacial score (nSPS) is 16.9. The number of likely N-dealkylation sites (N-methyl/N-ethyl adjacent to an activating group) is 1. The molecule has 168 valence electrons. The molecule has 0 unspecified atom stereocenters. The third-order valence-electron chi connectivity index (χ3n) is 5.72. The van der Waals surface area contributed by atoms with E-state index < -0.39 is 0 Å². The van der Waals surface area contributed by atoms with Crippen LogP contribution in [0.25, 0.3) is 0 Å². The second-order valence-corrected chi connectivity index (χ2v) is 8.71. The Balaban J connectivity index is 1.37. The fourth-order valence-electron chi connectivity index (χ4n) is 3.61. The maximum atomic E-state index is 14.2. The van der Waals surface area contributed by atoms with Gasteiger partial charge in [-0.1, -0.05) is 17.7 Å². The molecule has 1 aliphatic heterocycles. The molecule has 0 amide bonds. The summed E-state index contributed by atoms with van der Waals surface area (Å²) in [4.78, 5) is 18.1. The van der Waals surface area contributed by atoms with Crippen molar-refractivity contribution in [2.75, 3.05) is 48.8 Å². The van der Waals surface area contributed by atoms with Crippen molar-refractivity contribution in [3.63, 3.8) is 0 Å². The van der Waals surface area contributed by atoms with E-state index >= 15 is 0 Å². The van der Waals surface area contributed by atoms with E-state index in [-0.39, 0.29) is 12.4 Å². The number of H-pyrrole nitrogens is 1. The van der Waals surface area contributed by atoms with Gasteiger partial charge in [0.05, 0.1) is 0 Å². The average molecular weight is 458 g/mol. The van der Waals surface area contributed by atoms with Crippen LogP contribution in [0.1, 0.15) is 30.0 Å². The smallest absolute Gasteiger partial charge is 0.235 e. The standard InChI is InChI=1S/C21H25ClFN9/c1-31-6-8-32(9-7-31)21-27-19(24-12-14-4-5-15(22)10-16(14)23)26-20(28-21)25-18-11-17(29-30-18)13-2-3-13/h4-5,10-11,13H,2-3,6-9,12H2,1H3,(H3,24,25,26,27,28,29,30). The molecule has 0 spiro atoms. The molecule has 1 aromatic carbocycles. The lowest BCUT2D eigenvalue weighted by Gasteiger charge is -2.32. The van der Waals surface area contributed by atoms with Gasteiger partial charge in [0, 0.05) is 61.0 Å². The highest BCUT2D eigenvalue weighted by atomic mass is 35.5. The van der Waals surface area contributed by atoms with Crippen molar-refractivity contribution < 1.29 is 4.39 Å². The number of halogens is 2. The van der Waals surface area contributed by atoms with Crippen molar-refractivity contribution in [3.05, 3.63) is 46.4 Å². The molecule has 9 nitrogen and oxygen atoms in total. The van der Waals surface area contributed by atoms with E-state index in [1.807, 2.05) is 6.07 Å². The van der Waals surface area contributed by atoms with Crippen LogP contribution in [0, 0.1) is 5.82 Å². The summed E-state index contributed by atoms with van der Waals surface area (Å²) in [6.07, 6.45) is 2.38. The number of nitrogens with one attached hydrogen (secondary N) is 3. The summed E-state index contributed by atoms with van der Waals surface area (Å²) in [5, 5.41) is 14.1. The summed E-state index contributed by atoms with van der Waals surface area (Å²) in [7, 11) is 2.10. The van der Waals surface area contributed by atoms with Crippen molar-refractivity contribution in [2.45, 2.75) is 25.3 Å². The van der Waals surface area contributed by atoms with Gasteiger partial charge in [-0.2, -0.15) is 20.1 Å². The highest BCUT2D eigenvalue weighted by Gasteiger charge is 2.26. The minimum absolute atomic E-state index is 0.225. The van der Waals surface area contributed by atoms with E-state index in [9.17, 15) is 4.39 Å². The molecular weight excluding hydrogens is 433 g/mol. The Kier molecular flexibility index (Phi) is 5.79. The van der Waals surface area contributed by atoms with Crippen LogP contribution < -0.4 is 15.5 Å². The summed E-state index contributed by atoms with van der Waals surface area (Å²) in [6.45, 7) is 3.72. The van der Waals surface area contributed by atoms with E-state index in [4.69, 9.17) is 11.6 Å². The molecule has 2 aliphatic rings. The fraction of sp³-hybridized carbons (Fsp3) is 0.429. The lowest BCUT2D eigenvalue weighted by molar-refractivity contribution is 0.311.